The summed E-state index contributed by atoms with van der Waals surface area (Å²) in [6.45, 7) is 10.3. The number of carbonyl (C=O) groups excluding carboxylic acids is 5. The molecule has 4 amide bonds. The first-order valence-corrected chi connectivity index (χ1v) is 15.2. The van der Waals surface area contributed by atoms with Crippen LogP contribution in [0.5, 0.6) is 0 Å². The van der Waals surface area contributed by atoms with E-state index in [0.29, 0.717) is 43.8 Å². The zero-order valence-electron chi connectivity index (χ0n) is 26.0. The predicted molar refractivity (Wildman–Crippen MR) is 161 cm³/mol. The van der Waals surface area contributed by atoms with Crippen LogP contribution in [0.4, 0.5) is 4.79 Å². The summed E-state index contributed by atoms with van der Waals surface area (Å²) in [7, 11) is 1.22. The second-order valence-corrected chi connectivity index (χ2v) is 13.2. The number of nitrogens with one attached hydrogen (secondary N) is 3. The van der Waals surface area contributed by atoms with Crippen molar-refractivity contribution >= 4 is 41.4 Å². The number of ether oxygens (including phenoxy) is 2. The molecule has 12 heteroatoms. The Morgan fingerprint density at radius 1 is 1.14 bits per heavy atom. The third-order valence-electron chi connectivity index (χ3n) is 8.37. The number of halogens is 1. The minimum absolute atomic E-state index is 0.00227. The van der Waals surface area contributed by atoms with Gasteiger partial charge in [0.15, 0.2) is 0 Å². The molecule has 1 spiro atoms. The van der Waals surface area contributed by atoms with Crippen molar-refractivity contribution in [2.45, 2.75) is 89.8 Å². The highest BCUT2D eigenvalue weighted by Crippen LogP contribution is 2.36. The number of nitrogens with zero attached hydrogens (tertiary/aromatic N) is 1. The van der Waals surface area contributed by atoms with Crippen molar-refractivity contribution in [2.75, 3.05) is 26.8 Å². The molecular weight excluding hydrogens is 576 g/mol. The van der Waals surface area contributed by atoms with Gasteiger partial charge in [0.05, 0.1) is 7.11 Å². The maximum atomic E-state index is 13.4. The smallest absolute Gasteiger partial charge is 0.407 e. The van der Waals surface area contributed by atoms with Crippen molar-refractivity contribution in [3.8, 4) is 0 Å². The summed E-state index contributed by atoms with van der Waals surface area (Å²) in [5.74, 6) is -1.93. The molecule has 2 aliphatic heterocycles. The maximum absolute atomic E-state index is 13.4. The van der Waals surface area contributed by atoms with Crippen LogP contribution in [0.1, 0.15) is 72.3 Å². The molecule has 0 aliphatic carbocycles. The van der Waals surface area contributed by atoms with E-state index in [1.54, 1.807) is 11.0 Å². The van der Waals surface area contributed by atoms with E-state index >= 15 is 0 Å². The second kappa shape index (κ2) is 14.4. The van der Waals surface area contributed by atoms with Crippen molar-refractivity contribution in [1.82, 2.24) is 20.9 Å². The molecule has 1 aromatic rings. The molecule has 238 valence electrons. The minimum Gasteiger partial charge on any atom is -0.467 e. The summed E-state index contributed by atoms with van der Waals surface area (Å²) in [5, 5.41) is 9.02. The van der Waals surface area contributed by atoms with Crippen LogP contribution in [0, 0.1) is 11.8 Å². The van der Waals surface area contributed by atoms with E-state index in [1.165, 1.54) is 14.0 Å². The number of hydrogen-bond donors (Lipinski definition) is 3. The third kappa shape index (κ3) is 9.32. The molecule has 3 atom stereocenters. The average Bonchev–Trinajstić information content (AvgIpc) is 3.24. The normalized spacial score (nSPS) is 19.4. The van der Waals surface area contributed by atoms with Crippen LogP contribution in [0.15, 0.2) is 24.3 Å². The van der Waals surface area contributed by atoms with Gasteiger partial charge in [-0.25, -0.2) is 9.59 Å². The highest BCUT2D eigenvalue weighted by Gasteiger charge is 2.47. The molecule has 2 fully saturated rings. The topological polar surface area (TPSA) is 143 Å². The molecule has 0 bridgehead atoms. The van der Waals surface area contributed by atoms with Crippen LogP contribution >= 0.6 is 11.6 Å². The van der Waals surface area contributed by atoms with Crippen molar-refractivity contribution in [1.29, 1.82) is 0 Å². The number of rotatable bonds is 11. The minimum atomic E-state index is -1.09. The molecule has 1 aromatic carbocycles. The number of amides is 4. The van der Waals surface area contributed by atoms with E-state index < -0.39 is 46.9 Å². The fourth-order valence-corrected chi connectivity index (χ4v) is 5.98. The molecule has 43 heavy (non-hydrogen) atoms. The van der Waals surface area contributed by atoms with Gasteiger partial charge < -0.3 is 30.3 Å². The van der Waals surface area contributed by atoms with E-state index in [1.807, 2.05) is 45.9 Å². The molecule has 2 unspecified atom stereocenters. The maximum Gasteiger partial charge on any atom is 0.407 e. The summed E-state index contributed by atoms with van der Waals surface area (Å²) in [4.78, 5) is 65.4. The molecule has 11 nitrogen and oxygen atoms in total. The van der Waals surface area contributed by atoms with E-state index in [9.17, 15) is 24.0 Å². The summed E-state index contributed by atoms with van der Waals surface area (Å²) in [5.41, 5.74) is -0.0779. The highest BCUT2D eigenvalue weighted by atomic mass is 35.5. The number of methoxy groups -OCH3 is 1. The van der Waals surface area contributed by atoms with Gasteiger partial charge in [0.2, 0.25) is 17.7 Å². The molecule has 3 N–H and O–H groups in total. The first-order valence-electron chi connectivity index (χ1n) is 14.8. The van der Waals surface area contributed by atoms with Crippen molar-refractivity contribution < 1.29 is 33.4 Å². The Labute approximate surface area is 258 Å². The number of benzene rings is 1. The van der Waals surface area contributed by atoms with Crippen molar-refractivity contribution in [2.24, 2.45) is 11.8 Å². The van der Waals surface area contributed by atoms with E-state index in [-0.39, 0.29) is 30.8 Å². The number of carbonyl (C=O) groups is 5. The average molecular weight is 621 g/mol. The molecule has 0 aromatic heterocycles. The second-order valence-electron chi connectivity index (χ2n) is 12.8. The Morgan fingerprint density at radius 3 is 2.40 bits per heavy atom. The number of piperidine rings is 1. The van der Waals surface area contributed by atoms with Crippen molar-refractivity contribution in [3.05, 3.63) is 34.9 Å². The summed E-state index contributed by atoms with van der Waals surface area (Å²) < 4.78 is 10.5. The number of hydrogen-bond acceptors (Lipinski definition) is 7. The lowest BCUT2D eigenvalue weighted by Crippen LogP contribution is -2.53. The van der Waals surface area contributed by atoms with Crippen LogP contribution in [0.25, 0.3) is 0 Å². The monoisotopic (exact) mass is 620 g/mol. The van der Waals surface area contributed by atoms with Gasteiger partial charge in [-0.2, -0.15) is 0 Å². The van der Waals surface area contributed by atoms with Gasteiger partial charge in [0, 0.05) is 41.9 Å². The van der Waals surface area contributed by atoms with E-state index in [4.69, 9.17) is 21.1 Å². The molecule has 0 radical (unpaired) electrons. The van der Waals surface area contributed by atoms with Crippen LogP contribution < -0.4 is 16.0 Å². The fraction of sp³-hybridized carbons (Fsp3) is 0.645. The Kier molecular flexibility index (Phi) is 11.5. The van der Waals surface area contributed by atoms with Crippen molar-refractivity contribution in [3.63, 3.8) is 0 Å². The van der Waals surface area contributed by atoms with Gasteiger partial charge in [0.1, 0.15) is 18.7 Å². The number of likely N-dealkylation sites (tertiary alicyclic amines) is 1. The Hall–Kier alpha value is -3.34. The molecule has 0 saturated carbocycles. The zero-order chi connectivity index (χ0) is 31.9. The summed E-state index contributed by atoms with van der Waals surface area (Å²) in [6.07, 6.45) is 1.32. The lowest BCUT2D eigenvalue weighted by Gasteiger charge is -2.39. The quantitative estimate of drug-likeness (QED) is 0.322. The van der Waals surface area contributed by atoms with Crippen LogP contribution in [0.2, 0.25) is 5.02 Å². The lowest BCUT2D eigenvalue weighted by atomic mass is 9.82. The SMILES string of the molecule is COC(=O)C(CC1CC2(CCN(C(C)=O)CC2)NC1=O)NC(=O)[C@H](CC(C)C)NC(=O)OCC(C)(C)c1cccc(Cl)c1. The van der Waals surface area contributed by atoms with Crippen LogP contribution in [0.3, 0.4) is 0 Å². The van der Waals surface area contributed by atoms with E-state index in [0.717, 1.165) is 5.56 Å². The molecule has 2 heterocycles. The predicted octanol–water partition coefficient (Wildman–Crippen LogP) is 3.32. The summed E-state index contributed by atoms with van der Waals surface area (Å²) in [6, 6.07) is 5.24. The zero-order valence-corrected chi connectivity index (χ0v) is 26.7. The van der Waals surface area contributed by atoms with Gasteiger partial charge in [-0.3, -0.25) is 14.4 Å². The first-order chi connectivity index (χ1) is 20.1. The Morgan fingerprint density at radius 2 is 1.81 bits per heavy atom. The fourth-order valence-electron chi connectivity index (χ4n) is 5.79. The van der Waals surface area contributed by atoms with E-state index in [2.05, 4.69) is 16.0 Å². The van der Waals surface area contributed by atoms with Gasteiger partial charge in [-0.15, -0.1) is 0 Å². The Bertz CT molecular complexity index is 1200. The lowest BCUT2D eigenvalue weighted by molar-refractivity contribution is -0.146. The summed E-state index contributed by atoms with van der Waals surface area (Å²) >= 11 is 6.12. The number of esters is 1. The van der Waals surface area contributed by atoms with Gasteiger partial charge in [0.25, 0.3) is 0 Å². The van der Waals surface area contributed by atoms with Gasteiger partial charge in [-0.05, 0) is 55.7 Å². The Balaban J connectivity index is 1.63. The first kappa shape index (κ1) is 34.2. The van der Waals surface area contributed by atoms with Gasteiger partial charge >= 0.3 is 12.1 Å². The molecule has 2 aliphatic rings. The molecule has 3 rings (SSSR count). The standard InChI is InChI=1S/C31H45ClN4O7/c1-19(2)14-24(34-29(41)43-18-30(4,5)22-8-7-9-23(32)16-22)27(39)33-25(28(40)42-6)15-21-17-31(35-26(21)38)10-12-36(13-11-31)20(3)37/h7-9,16,19,21,24-25H,10-15,17-18H2,1-6H3,(H,33,39)(H,34,41)(H,35,38)/t21?,24-,25?/m0/s1. The van der Waals surface area contributed by atoms with Crippen LogP contribution in [-0.4, -0.2) is 79.1 Å². The number of alkyl carbamates (subject to hydrolysis) is 1. The molecular formula is C31H45ClN4O7. The van der Waals surface area contributed by atoms with Gasteiger partial charge in [-0.1, -0.05) is 51.4 Å². The molecule has 2 saturated heterocycles. The van der Waals surface area contributed by atoms with Crippen LogP contribution in [-0.2, 0) is 34.1 Å². The largest absolute Gasteiger partial charge is 0.467 e. The third-order valence-corrected chi connectivity index (χ3v) is 8.61. The highest BCUT2D eigenvalue weighted by molar-refractivity contribution is 6.30.